The lowest BCUT2D eigenvalue weighted by Gasteiger charge is -2.13. The average Bonchev–Trinajstić information content (AvgIpc) is 2.94. The van der Waals surface area contributed by atoms with Crippen LogP contribution in [0.3, 0.4) is 0 Å². The van der Waals surface area contributed by atoms with Crippen LogP contribution in [-0.2, 0) is 16.1 Å². The zero-order valence-electron chi connectivity index (χ0n) is 9.51. The number of aromatic amines is 1. The summed E-state index contributed by atoms with van der Waals surface area (Å²) in [5, 5.41) is 15.8. The van der Waals surface area contributed by atoms with Crippen LogP contribution in [0.1, 0.15) is 19.2 Å². The van der Waals surface area contributed by atoms with E-state index in [1.54, 1.807) is 4.90 Å². The summed E-state index contributed by atoms with van der Waals surface area (Å²) in [6.45, 7) is 3.27. The standard InChI is InChI=1S/C9H14N6O2/c1-2-15-5-6(3-8(15)16)9(17)10-4-7-11-13-14-12-7/h6H,2-5H2,1H3,(H,10,17)(H,11,12,13,14). The number of amides is 2. The van der Waals surface area contributed by atoms with E-state index in [9.17, 15) is 9.59 Å². The Morgan fingerprint density at radius 2 is 2.47 bits per heavy atom. The zero-order valence-corrected chi connectivity index (χ0v) is 9.51. The lowest BCUT2D eigenvalue weighted by atomic mass is 10.1. The van der Waals surface area contributed by atoms with Crippen molar-refractivity contribution in [2.24, 2.45) is 5.92 Å². The second kappa shape index (κ2) is 4.89. The first-order valence-electron chi connectivity index (χ1n) is 5.48. The third-order valence-corrected chi connectivity index (χ3v) is 2.78. The maximum absolute atomic E-state index is 11.8. The van der Waals surface area contributed by atoms with E-state index in [2.05, 4.69) is 25.9 Å². The van der Waals surface area contributed by atoms with Crippen molar-refractivity contribution in [2.45, 2.75) is 19.9 Å². The Morgan fingerprint density at radius 1 is 1.65 bits per heavy atom. The van der Waals surface area contributed by atoms with Gasteiger partial charge >= 0.3 is 0 Å². The van der Waals surface area contributed by atoms with E-state index in [0.717, 1.165) is 0 Å². The van der Waals surface area contributed by atoms with Crippen LogP contribution in [0, 0.1) is 5.92 Å². The Kier molecular flexibility index (Phi) is 3.31. The molecule has 1 fully saturated rings. The van der Waals surface area contributed by atoms with Crippen molar-refractivity contribution in [1.82, 2.24) is 30.8 Å². The summed E-state index contributed by atoms with van der Waals surface area (Å²) >= 11 is 0. The molecule has 2 amide bonds. The maximum atomic E-state index is 11.8. The van der Waals surface area contributed by atoms with Crippen LogP contribution in [0.15, 0.2) is 0 Å². The number of carbonyl (C=O) groups is 2. The Hall–Kier alpha value is -1.99. The largest absolute Gasteiger partial charge is 0.348 e. The molecule has 2 heterocycles. The first-order chi connectivity index (χ1) is 8.20. The number of hydrogen-bond donors (Lipinski definition) is 2. The second-order valence-corrected chi connectivity index (χ2v) is 3.88. The molecule has 1 unspecified atom stereocenters. The van der Waals surface area contributed by atoms with E-state index >= 15 is 0 Å². The molecule has 0 saturated carbocycles. The van der Waals surface area contributed by atoms with Crippen molar-refractivity contribution in [1.29, 1.82) is 0 Å². The molecule has 1 atom stereocenters. The number of aromatic nitrogens is 4. The minimum absolute atomic E-state index is 0.0345. The molecule has 0 aromatic carbocycles. The summed E-state index contributed by atoms with van der Waals surface area (Å²) < 4.78 is 0. The SMILES string of the molecule is CCN1CC(C(=O)NCc2nn[nH]n2)CC1=O. The van der Waals surface area contributed by atoms with Gasteiger partial charge in [0.05, 0.1) is 12.5 Å². The quantitative estimate of drug-likeness (QED) is 0.677. The molecule has 8 nitrogen and oxygen atoms in total. The fraction of sp³-hybridized carbons (Fsp3) is 0.667. The Labute approximate surface area is 97.8 Å². The van der Waals surface area contributed by atoms with Gasteiger partial charge in [-0.3, -0.25) is 9.59 Å². The summed E-state index contributed by atoms with van der Waals surface area (Å²) in [6.07, 6.45) is 0.284. The molecule has 0 spiro atoms. The van der Waals surface area contributed by atoms with Gasteiger partial charge in [-0.1, -0.05) is 5.21 Å². The minimum atomic E-state index is -0.269. The van der Waals surface area contributed by atoms with Crippen LogP contribution in [0.4, 0.5) is 0 Å². The van der Waals surface area contributed by atoms with Crippen molar-refractivity contribution < 1.29 is 9.59 Å². The van der Waals surface area contributed by atoms with Crippen molar-refractivity contribution in [2.75, 3.05) is 13.1 Å². The van der Waals surface area contributed by atoms with Crippen molar-refractivity contribution in [3.63, 3.8) is 0 Å². The van der Waals surface area contributed by atoms with Gasteiger partial charge in [-0.2, -0.15) is 5.21 Å². The van der Waals surface area contributed by atoms with E-state index in [-0.39, 0.29) is 30.7 Å². The van der Waals surface area contributed by atoms with E-state index in [0.29, 0.717) is 18.9 Å². The number of likely N-dealkylation sites (tertiary alicyclic amines) is 1. The van der Waals surface area contributed by atoms with Gasteiger partial charge < -0.3 is 10.2 Å². The first kappa shape index (κ1) is 11.5. The van der Waals surface area contributed by atoms with E-state index < -0.39 is 0 Å². The predicted molar refractivity (Wildman–Crippen MR) is 56.4 cm³/mol. The minimum Gasteiger partial charge on any atom is -0.348 e. The van der Waals surface area contributed by atoms with Gasteiger partial charge in [0.2, 0.25) is 11.8 Å². The molecule has 8 heteroatoms. The molecule has 0 radical (unpaired) electrons. The molecular weight excluding hydrogens is 224 g/mol. The summed E-state index contributed by atoms with van der Waals surface area (Å²) in [6, 6.07) is 0. The molecular formula is C9H14N6O2. The Balaban J connectivity index is 1.83. The normalized spacial score (nSPS) is 19.7. The number of tetrazole rings is 1. The van der Waals surface area contributed by atoms with E-state index in [1.165, 1.54) is 0 Å². The van der Waals surface area contributed by atoms with Crippen LogP contribution < -0.4 is 5.32 Å². The van der Waals surface area contributed by atoms with Crippen molar-refractivity contribution in [3.05, 3.63) is 5.82 Å². The second-order valence-electron chi connectivity index (χ2n) is 3.88. The summed E-state index contributed by atoms with van der Waals surface area (Å²) in [5.74, 6) is 0.0516. The average molecular weight is 238 g/mol. The lowest BCUT2D eigenvalue weighted by Crippen LogP contribution is -2.32. The molecule has 2 rings (SSSR count). The molecule has 1 aromatic heterocycles. The van der Waals surface area contributed by atoms with Gasteiger partial charge in [-0.15, -0.1) is 10.2 Å². The van der Waals surface area contributed by atoms with E-state index in [4.69, 9.17) is 0 Å². The van der Waals surface area contributed by atoms with Crippen LogP contribution in [0.5, 0.6) is 0 Å². The predicted octanol–water partition coefficient (Wildman–Crippen LogP) is -1.32. The highest BCUT2D eigenvalue weighted by Crippen LogP contribution is 2.17. The number of nitrogens with one attached hydrogen (secondary N) is 2. The monoisotopic (exact) mass is 238 g/mol. The molecule has 0 aliphatic carbocycles. The smallest absolute Gasteiger partial charge is 0.225 e. The van der Waals surface area contributed by atoms with Gasteiger partial charge in [0, 0.05) is 19.5 Å². The van der Waals surface area contributed by atoms with Gasteiger partial charge in [0.1, 0.15) is 0 Å². The maximum Gasteiger partial charge on any atom is 0.225 e. The molecule has 92 valence electrons. The van der Waals surface area contributed by atoms with Gasteiger partial charge in [-0.25, -0.2) is 0 Å². The molecule has 2 N–H and O–H groups in total. The number of hydrogen-bond acceptors (Lipinski definition) is 5. The fourth-order valence-corrected chi connectivity index (χ4v) is 1.82. The van der Waals surface area contributed by atoms with Gasteiger partial charge in [0.15, 0.2) is 5.82 Å². The Morgan fingerprint density at radius 3 is 3.06 bits per heavy atom. The number of H-pyrrole nitrogens is 1. The van der Waals surface area contributed by atoms with E-state index in [1.807, 2.05) is 6.92 Å². The fourth-order valence-electron chi connectivity index (χ4n) is 1.82. The van der Waals surface area contributed by atoms with Crippen LogP contribution >= 0.6 is 0 Å². The van der Waals surface area contributed by atoms with Crippen LogP contribution in [-0.4, -0.2) is 50.4 Å². The molecule has 1 aliphatic heterocycles. The highest BCUT2D eigenvalue weighted by Gasteiger charge is 2.33. The molecule has 17 heavy (non-hydrogen) atoms. The summed E-state index contributed by atoms with van der Waals surface area (Å²) in [7, 11) is 0. The highest BCUT2D eigenvalue weighted by molar-refractivity contribution is 5.89. The topological polar surface area (TPSA) is 104 Å². The number of carbonyl (C=O) groups excluding carboxylic acids is 2. The van der Waals surface area contributed by atoms with Crippen LogP contribution in [0.25, 0.3) is 0 Å². The number of nitrogens with zero attached hydrogens (tertiary/aromatic N) is 4. The summed E-state index contributed by atoms with van der Waals surface area (Å²) in [4.78, 5) is 24.9. The van der Waals surface area contributed by atoms with Gasteiger partial charge in [-0.05, 0) is 6.92 Å². The zero-order chi connectivity index (χ0) is 12.3. The third-order valence-electron chi connectivity index (χ3n) is 2.78. The number of rotatable bonds is 4. The van der Waals surface area contributed by atoms with Crippen molar-refractivity contribution >= 4 is 11.8 Å². The molecule has 0 bridgehead atoms. The van der Waals surface area contributed by atoms with Crippen LogP contribution in [0.2, 0.25) is 0 Å². The lowest BCUT2D eigenvalue weighted by molar-refractivity contribution is -0.128. The Bertz CT molecular complexity index is 404. The molecule has 1 saturated heterocycles. The highest BCUT2D eigenvalue weighted by atomic mass is 16.2. The van der Waals surface area contributed by atoms with Gasteiger partial charge in [0.25, 0.3) is 0 Å². The molecule has 1 aliphatic rings. The summed E-state index contributed by atoms with van der Waals surface area (Å²) in [5.41, 5.74) is 0. The molecule has 1 aromatic rings. The van der Waals surface area contributed by atoms with Crippen molar-refractivity contribution in [3.8, 4) is 0 Å². The third kappa shape index (κ3) is 2.58. The first-order valence-corrected chi connectivity index (χ1v) is 5.48.